The van der Waals surface area contributed by atoms with Gasteiger partial charge in [-0.15, -0.1) is 11.3 Å². The largest absolute Gasteiger partial charge is 0.435 e. The zero-order valence-electron chi connectivity index (χ0n) is 17.5. The van der Waals surface area contributed by atoms with Crippen LogP contribution in [0, 0.1) is 6.92 Å². The second-order valence-electron chi connectivity index (χ2n) is 6.89. The van der Waals surface area contributed by atoms with Crippen LogP contribution in [0.5, 0.6) is 5.75 Å². The molecule has 4 rings (SSSR count). The summed E-state index contributed by atoms with van der Waals surface area (Å²) in [6, 6.07) is 11.3. The van der Waals surface area contributed by atoms with Gasteiger partial charge in [0.1, 0.15) is 5.75 Å². The molecule has 34 heavy (non-hydrogen) atoms. The number of alkyl halides is 2. The molecule has 0 aliphatic rings. The van der Waals surface area contributed by atoms with Crippen LogP contribution in [0.15, 0.2) is 59.2 Å². The van der Waals surface area contributed by atoms with E-state index in [9.17, 15) is 13.6 Å². The lowest BCUT2D eigenvalue weighted by atomic mass is 10.1. The molecule has 0 bridgehead atoms. The normalized spacial score (nSPS) is 11.1. The number of hydrogen-bond donors (Lipinski definition) is 1. The smallest absolute Gasteiger partial charge is 0.387 e. The van der Waals surface area contributed by atoms with E-state index in [0.29, 0.717) is 31.7 Å². The van der Waals surface area contributed by atoms with Gasteiger partial charge in [-0.3, -0.25) is 9.36 Å². The first-order chi connectivity index (χ1) is 16.3. The average Bonchev–Trinajstić information content (AvgIpc) is 3.40. The van der Waals surface area contributed by atoms with Crippen molar-refractivity contribution < 1.29 is 18.3 Å². The lowest BCUT2D eigenvalue weighted by molar-refractivity contribution is -0.113. The molecule has 0 aliphatic heterocycles. The number of benzene rings is 2. The van der Waals surface area contributed by atoms with Gasteiger partial charge in [0.25, 0.3) is 0 Å². The van der Waals surface area contributed by atoms with Crippen molar-refractivity contribution in [3.05, 3.63) is 69.8 Å². The van der Waals surface area contributed by atoms with E-state index in [-0.39, 0.29) is 17.4 Å². The number of rotatable bonds is 8. The van der Waals surface area contributed by atoms with Crippen LogP contribution < -0.4 is 10.1 Å². The highest BCUT2D eigenvalue weighted by atomic mass is 35.5. The fourth-order valence-electron chi connectivity index (χ4n) is 3.02. The molecule has 6 nitrogen and oxygen atoms in total. The average molecular weight is 541 g/mol. The van der Waals surface area contributed by atoms with Gasteiger partial charge in [-0.05, 0) is 43.3 Å². The number of thioether (sulfide) groups is 1. The summed E-state index contributed by atoms with van der Waals surface area (Å²) in [5, 5.41) is 6.44. The molecule has 176 valence electrons. The van der Waals surface area contributed by atoms with Crippen molar-refractivity contribution in [2.45, 2.75) is 18.7 Å². The number of carbonyl (C=O) groups excluding carboxylic acids is 1. The van der Waals surface area contributed by atoms with Crippen LogP contribution in [0.25, 0.3) is 16.9 Å². The predicted octanol–water partition coefficient (Wildman–Crippen LogP) is 6.94. The summed E-state index contributed by atoms with van der Waals surface area (Å²) in [5.74, 6) is -0.115. The second-order valence-corrected chi connectivity index (χ2v) is 9.51. The Hall–Kier alpha value is -2.66. The third-order valence-electron chi connectivity index (χ3n) is 4.46. The Kier molecular flexibility index (Phi) is 7.72. The lowest BCUT2D eigenvalue weighted by Gasteiger charge is -2.13. The summed E-state index contributed by atoms with van der Waals surface area (Å²) in [7, 11) is 0. The van der Waals surface area contributed by atoms with E-state index in [1.165, 1.54) is 35.2 Å². The number of imidazole rings is 1. The summed E-state index contributed by atoms with van der Waals surface area (Å²) >= 11 is 14.8. The van der Waals surface area contributed by atoms with Gasteiger partial charge in [-0.25, -0.2) is 9.97 Å². The van der Waals surface area contributed by atoms with Gasteiger partial charge >= 0.3 is 6.61 Å². The first-order valence-electron chi connectivity index (χ1n) is 9.73. The number of hydrogen-bond acceptors (Lipinski definition) is 6. The van der Waals surface area contributed by atoms with Crippen LogP contribution in [0.2, 0.25) is 10.0 Å². The van der Waals surface area contributed by atoms with E-state index in [1.807, 2.05) is 12.3 Å². The molecule has 4 aromatic rings. The molecule has 1 amide bonds. The van der Waals surface area contributed by atoms with Crippen LogP contribution in [0.3, 0.4) is 0 Å². The zero-order valence-corrected chi connectivity index (χ0v) is 20.6. The number of aryl methyl sites for hydroxylation is 1. The molecule has 12 heteroatoms. The van der Waals surface area contributed by atoms with Crippen molar-refractivity contribution in [1.82, 2.24) is 14.5 Å². The zero-order chi connectivity index (χ0) is 24.2. The molecule has 0 fully saturated rings. The minimum absolute atomic E-state index is 0.0299. The van der Waals surface area contributed by atoms with Crippen molar-refractivity contribution in [1.29, 1.82) is 0 Å². The molecular formula is C22H16Cl2F2N4O2S2. The number of thiazole rings is 1. The molecule has 0 radical (unpaired) electrons. The maximum Gasteiger partial charge on any atom is 0.387 e. The van der Waals surface area contributed by atoms with Crippen molar-refractivity contribution in [3.8, 4) is 22.7 Å². The minimum atomic E-state index is -2.92. The van der Waals surface area contributed by atoms with E-state index in [4.69, 9.17) is 23.2 Å². The highest BCUT2D eigenvalue weighted by molar-refractivity contribution is 7.99. The Labute approximate surface area is 211 Å². The quantitative estimate of drug-likeness (QED) is 0.245. The lowest BCUT2D eigenvalue weighted by Crippen LogP contribution is -2.14. The Morgan fingerprint density at radius 2 is 1.97 bits per heavy atom. The fourth-order valence-corrected chi connectivity index (χ4v) is 4.81. The van der Waals surface area contributed by atoms with Gasteiger partial charge in [0.05, 0.1) is 33.4 Å². The standard InChI is InChI=1S/C22H16Cl2F2N4O2S2/c1-12-10-33-21(28-12)29-19(31)11-34-22-27-9-18(13-2-7-16(23)17(24)8-13)30(22)14-3-5-15(6-4-14)32-20(25)26/h2-10,20H,11H2,1H3,(H,28,29,31). The van der Waals surface area contributed by atoms with E-state index in [0.717, 1.165) is 11.3 Å². The number of ether oxygens (including phenoxy) is 1. The Morgan fingerprint density at radius 1 is 1.21 bits per heavy atom. The number of amides is 1. The number of nitrogens with one attached hydrogen (secondary N) is 1. The molecule has 1 N–H and O–H groups in total. The Morgan fingerprint density at radius 3 is 2.62 bits per heavy atom. The van der Waals surface area contributed by atoms with Crippen molar-refractivity contribution in [2.24, 2.45) is 0 Å². The molecule has 2 aromatic carbocycles. The van der Waals surface area contributed by atoms with Crippen molar-refractivity contribution in [3.63, 3.8) is 0 Å². The molecule has 0 aliphatic carbocycles. The molecular weight excluding hydrogens is 525 g/mol. The first kappa shape index (κ1) is 24.5. The van der Waals surface area contributed by atoms with Gasteiger partial charge in [0.15, 0.2) is 10.3 Å². The van der Waals surface area contributed by atoms with Crippen LogP contribution in [-0.2, 0) is 4.79 Å². The third-order valence-corrected chi connectivity index (χ3v) is 7.03. The first-order valence-corrected chi connectivity index (χ1v) is 12.4. The number of anilines is 1. The van der Waals surface area contributed by atoms with Crippen LogP contribution in [-0.4, -0.2) is 32.8 Å². The summed E-state index contributed by atoms with van der Waals surface area (Å²) < 4.78 is 31.3. The summed E-state index contributed by atoms with van der Waals surface area (Å²) in [5.41, 5.74) is 2.89. The minimum Gasteiger partial charge on any atom is -0.435 e. The van der Waals surface area contributed by atoms with Crippen LogP contribution >= 0.6 is 46.3 Å². The number of aromatic nitrogens is 3. The van der Waals surface area contributed by atoms with Crippen molar-refractivity contribution in [2.75, 3.05) is 11.1 Å². The van der Waals surface area contributed by atoms with Gasteiger partial charge in [-0.2, -0.15) is 8.78 Å². The van der Waals surface area contributed by atoms with Gasteiger partial charge in [0.2, 0.25) is 5.91 Å². The summed E-state index contributed by atoms with van der Waals surface area (Å²) in [6.45, 7) is -1.07. The molecule has 0 saturated heterocycles. The van der Waals surface area contributed by atoms with E-state index in [1.54, 1.807) is 41.1 Å². The number of halogens is 4. The molecule has 0 atom stereocenters. The fraction of sp³-hybridized carbons (Fsp3) is 0.136. The number of nitrogens with zero attached hydrogens (tertiary/aromatic N) is 3. The maximum atomic E-state index is 12.5. The topological polar surface area (TPSA) is 69.0 Å². The summed E-state index contributed by atoms with van der Waals surface area (Å²) in [6.07, 6.45) is 1.65. The third kappa shape index (κ3) is 5.87. The predicted molar refractivity (Wildman–Crippen MR) is 132 cm³/mol. The maximum absolute atomic E-state index is 12.5. The van der Waals surface area contributed by atoms with Gasteiger partial charge < -0.3 is 10.1 Å². The van der Waals surface area contributed by atoms with Gasteiger partial charge in [-0.1, -0.05) is 41.0 Å². The van der Waals surface area contributed by atoms with Gasteiger partial charge in [0, 0.05) is 16.6 Å². The van der Waals surface area contributed by atoms with Crippen LogP contribution in [0.1, 0.15) is 5.69 Å². The molecule has 0 saturated carbocycles. The highest BCUT2D eigenvalue weighted by Crippen LogP contribution is 2.34. The summed E-state index contributed by atoms with van der Waals surface area (Å²) in [4.78, 5) is 21.1. The molecule has 0 spiro atoms. The monoisotopic (exact) mass is 540 g/mol. The number of carbonyl (C=O) groups is 1. The highest BCUT2D eigenvalue weighted by Gasteiger charge is 2.17. The SMILES string of the molecule is Cc1csc(NC(=O)CSc2ncc(-c3ccc(Cl)c(Cl)c3)n2-c2ccc(OC(F)F)cc2)n1. The van der Waals surface area contributed by atoms with Crippen molar-refractivity contribution >= 4 is 57.3 Å². The molecule has 0 unspecified atom stereocenters. The van der Waals surface area contributed by atoms with E-state index in [2.05, 4.69) is 20.0 Å². The Balaban J connectivity index is 1.63. The van der Waals surface area contributed by atoms with E-state index < -0.39 is 6.61 Å². The molecule has 2 aromatic heterocycles. The Bertz CT molecular complexity index is 1310. The second kappa shape index (κ2) is 10.7. The molecule has 2 heterocycles. The van der Waals surface area contributed by atoms with E-state index >= 15 is 0 Å². The van der Waals surface area contributed by atoms with Crippen LogP contribution in [0.4, 0.5) is 13.9 Å².